The zero-order valence-corrected chi connectivity index (χ0v) is 14.2. The highest BCUT2D eigenvalue weighted by molar-refractivity contribution is 5.94. The van der Waals surface area contributed by atoms with Crippen LogP contribution in [0.5, 0.6) is 0 Å². The lowest BCUT2D eigenvalue weighted by Gasteiger charge is -2.27. The molecule has 0 unspecified atom stereocenters. The fourth-order valence-corrected chi connectivity index (χ4v) is 3.44. The number of rotatable bonds is 6. The Morgan fingerprint density at radius 2 is 2.17 bits per heavy atom. The summed E-state index contributed by atoms with van der Waals surface area (Å²) in [4.78, 5) is 20.9. The molecule has 1 saturated carbocycles. The average Bonchev–Trinajstić information content (AvgIpc) is 3.15. The van der Waals surface area contributed by atoms with E-state index in [-0.39, 0.29) is 11.8 Å². The SMILES string of the molecule is CCCCC1CCC(C(=O)Nc2cccnc2-n2cncn2)CC1. The molecule has 6 heteroatoms. The molecule has 0 aromatic carbocycles. The minimum absolute atomic E-state index is 0.0957. The van der Waals surface area contributed by atoms with Crippen molar-refractivity contribution in [3.8, 4) is 5.82 Å². The molecule has 0 aliphatic heterocycles. The van der Waals surface area contributed by atoms with Gasteiger partial charge >= 0.3 is 0 Å². The summed E-state index contributed by atoms with van der Waals surface area (Å²) >= 11 is 0. The topological polar surface area (TPSA) is 72.7 Å². The van der Waals surface area contributed by atoms with Crippen molar-refractivity contribution in [3.05, 3.63) is 31.0 Å². The maximum atomic E-state index is 12.6. The van der Waals surface area contributed by atoms with Gasteiger partial charge in [0.25, 0.3) is 0 Å². The third-order valence-corrected chi connectivity index (χ3v) is 4.86. The van der Waals surface area contributed by atoms with Crippen LogP contribution in [0.4, 0.5) is 5.69 Å². The van der Waals surface area contributed by atoms with Crippen LogP contribution in [0.25, 0.3) is 5.82 Å². The number of anilines is 1. The van der Waals surface area contributed by atoms with Crippen LogP contribution in [0.3, 0.4) is 0 Å². The second-order valence-corrected chi connectivity index (χ2v) is 6.56. The first-order chi connectivity index (χ1) is 11.8. The van der Waals surface area contributed by atoms with Gasteiger partial charge in [0.05, 0.1) is 5.69 Å². The van der Waals surface area contributed by atoms with Gasteiger partial charge in [-0.3, -0.25) is 4.79 Å². The van der Waals surface area contributed by atoms with Gasteiger partial charge in [0.1, 0.15) is 12.7 Å². The molecule has 1 fully saturated rings. The number of hydrogen-bond donors (Lipinski definition) is 1. The number of amides is 1. The minimum atomic E-state index is 0.0957. The monoisotopic (exact) mass is 327 g/mol. The molecule has 1 aliphatic carbocycles. The summed E-state index contributed by atoms with van der Waals surface area (Å²) in [5, 5.41) is 7.13. The molecule has 0 radical (unpaired) electrons. The smallest absolute Gasteiger partial charge is 0.227 e. The molecule has 0 saturated heterocycles. The van der Waals surface area contributed by atoms with Crippen molar-refractivity contribution in [2.24, 2.45) is 11.8 Å². The number of unbranched alkanes of at least 4 members (excludes halogenated alkanes) is 1. The summed E-state index contributed by atoms with van der Waals surface area (Å²) in [6, 6.07) is 3.67. The van der Waals surface area contributed by atoms with E-state index in [0.717, 1.165) is 18.8 Å². The molecule has 2 heterocycles. The van der Waals surface area contributed by atoms with E-state index in [0.29, 0.717) is 11.5 Å². The van der Waals surface area contributed by atoms with E-state index in [1.165, 1.54) is 38.4 Å². The third-order valence-electron chi connectivity index (χ3n) is 4.86. The Morgan fingerprint density at radius 1 is 1.33 bits per heavy atom. The van der Waals surface area contributed by atoms with E-state index >= 15 is 0 Å². The van der Waals surface area contributed by atoms with E-state index in [9.17, 15) is 4.79 Å². The van der Waals surface area contributed by atoms with Gasteiger partial charge in [-0.1, -0.05) is 26.2 Å². The van der Waals surface area contributed by atoms with Crippen LogP contribution in [-0.2, 0) is 4.79 Å². The molecule has 128 valence electrons. The Balaban J connectivity index is 1.60. The van der Waals surface area contributed by atoms with Gasteiger partial charge in [0, 0.05) is 12.1 Å². The second kappa shape index (κ2) is 8.04. The predicted molar refractivity (Wildman–Crippen MR) is 92.8 cm³/mol. The number of aromatic nitrogens is 4. The molecule has 6 nitrogen and oxygen atoms in total. The molecule has 2 aromatic rings. The van der Waals surface area contributed by atoms with Crippen molar-refractivity contribution in [3.63, 3.8) is 0 Å². The number of carbonyl (C=O) groups excluding carboxylic acids is 1. The molecule has 0 atom stereocenters. The molecule has 24 heavy (non-hydrogen) atoms. The highest BCUT2D eigenvalue weighted by atomic mass is 16.1. The van der Waals surface area contributed by atoms with Gasteiger partial charge < -0.3 is 5.32 Å². The average molecular weight is 327 g/mol. The van der Waals surface area contributed by atoms with Crippen LogP contribution in [0.15, 0.2) is 31.0 Å². The van der Waals surface area contributed by atoms with Crippen molar-refractivity contribution in [1.82, 2.24) is 19.7 Å². The molecule has 1 N–H and O–H groups in total. The van der Waals surface area contributed by atoms with E-state index in [4.69, 9.17) is 0 Å². The van der Waals surface area contributed by atoms with Crippen molar-refractivity contribution in [2.45, 2.75) is 51.9 Å². The second-order valence-electron chi connectivity index (χ2n) is 6.56. The minimum Gasteiger partial charge on any atom is -0.323 e. The lowest BCUT2D eigenvalue weighted by atomic mass is 9.79. The van der Waals surface area contributed by atoms with Crippen LogP contribution in [0.1, 0.15) is 51.9 Å². The number of nitrogens with one attached hydrogen (secondary N) is 1. The van der Waals surface area contributed by atoms with Gasteiger partial charge in [-0.05, 0) is 43.7 Å². The number of hydrogen-bond acceptors (Lipinski definition) is 4. The van der Waals surface area contributed by atoms with Gasteiger partial charge in [-0.15, -0.1) is 0 Å². The lowest BCUT2D eigenvalue weighted by molar-refractivity contribution is -0.121. The van der Waals surface area contributed by atoms with Crippen LogP contribution >= 0.6 is 0 Å². The Bertz CT molecular complexity index is 647. The maximum absolute atomic E-state index is 12.6. The first kappa shape index (κ1) is 16.6. The van der Waals surface area contributed by atoms with Crippen LogP contribution in [0.2, 0.25) is 0 Å². The highest BCUT2D eigenvalue weighted by Crippen LogP contribution is 2.32. The first-order valence-electron chi connectivity index (χ1n) is 8.88. The van der Waals surface area contributed by atoms with Gasteiger partial charge in [0.2, 0.25) is 5.91 Å². The van der Waals surface area contributed by atoms with E-state index in [1.54, 1.807) is 17.2 Å². The fourth-order valence-electron chi connectivity index (χ4n) is 3.44. The van der Waals surface area contributed by atoms with Crippen LogP contribution < -0.4 is 5.32 Å². The molecule has 2 aromatic heterocycles. The number of nitrogens with zero attached hydrogens (tertiary/aromatic N) is 4. The molecule has 0 spiro atoms. The van der Waals surface area contributed by atoms with E-state index in [2.05, 4.69) is 27.3 Å². The molecular formula is C18H25N5O. The van der Waals surface area contributed by atoms with Crippen molar-refractivity contribution >= 4 is 11.6 Å². The lowest BCUT2D eigenvalue weighted by Crippen LogP contribution is -2.27. The Morgan fingerprint density at radius 3 is 2.88 bits per heavy atom. The molecule has 3 rings (SSSR count). The summed E-state index contributed by atoms with van der Waals surface area (Å²) in [6.45, 7) is 2.24. The molecular weight excluding hydrogens is 302 g/mol. The summed E-state index contributed by atoms with van der Waals surface area (Å²) in [5.41, 5.74) is 0.682. The van der Waals surface area contributed by atoms with Crippen molar-refractivity contribution in [2.75, 3.05) is 5.32 Å². The quantitative estimate of drug-likeness (QED) is 0.880. The Labute approximate surface area is 142 Å². The summed E-state index contributed by atoms with van der Waals surface area (Å²) in [5.74, 6) is 1.60. The summed E-state index contributed by atoms with van der Waals surface area (Å²) in [6.07, 6.45) is 12.9. The Hall–Kier alpha value is -2.24. The molecule has 1 aliphatic rings. The van der Waals surface area contributed by atoms with Crippen molar-refractivity contribution in [1.29, 1.82) is 0 Å². The fraction of sp³-hybridized carbons (Fsp3) is 0.556. The third kappa shape index (κ3) is 3.99. The van der Waals surface area contributed by atoms with E-state index < -0.39 is 0 Å². The van der Waals surface area contributed by atoms with Crippen LogP contribution in [-0.4, -0.2) is 25.7 Å². The van der Waals surface area contributed by atoms with E-state index in [1.807, 2.05) is 12.1 Å². The summed E-state index contributed by atoms with van der Waals surface area (Å²) in [7, 11) is 0. The highest BCUT2D eigenvalue weighted by Gasteiger charge is 2.26. The predicted octanol–water partition coefficient (Wildman–Crippen LogP) is 3.60. The molecule has 0 bridgehead atoms. The Kier molecular flexibility index (Phi) is 5.56. The zero-order chi connectivity index (χ0) is 16.8. The largest absolute Gasteiger partial charge is 0.323 e. The van der Waals surface area contributed by atoms with Gasteiger partial charge in [0.15, 0.2) is 5.82 Å². The van der Waals surface area contributed by atoms with Gasteiger partial charge in [-0.2, -0.15) is 5.10 Å². The van der Waals surface area contributed by atoms with Gasteiger partial charge in [-0.25, -0.2) is 14.6 Å². The van der Waals surface area contributed by atoms with Crippen LogP contribution in [0, 0.1) is 11.8 Å². The van der Waals surface area contributed by atoms with Crippen molar-refractivity contribution < 1.29 is 4.79 Å². The number of pyridine rings is 1. The zero-order valence-electron chi connectivity index (χ0n) is 14.2. The molecule has 1 amide bonds. The number of carbonyl (C=O) groups is 1. The maximum Gasteiger partial charge on any atom is 0.227 e. The first-order valence-corrected chi connectivity index (χ1v) is 8.88. The summed E-state index contributed by atoms with van der Waals surface area (Å²) < 4.78 is 1.57. The standard InChI is InChI=1S/C18H25N5O/c1-2-3-5-14-7-9-15(10-8-14)18(24)22-16-6-4-11-20-17(16)23-13-19-12-21-23/h4,6,11-15H,2-3,5,7-10H2,1H3,(H,22,24). The normalized spacial score (nSPS) is 20.7.